The highest BCUT2D eigenvalue weighted by Gasteiger charge is 2.20. The van der Waals surface area contributed by atoms with Crippen LogP contribution in [0.5, 0.6) is 17.2 Å². The van der Waals surface area contributed by atoms with Crippen molar-refractivity contribution in [2.45, 2.75) is 51.7 Å². The molecule has 0 spiro atoms. The average Bonchev–Trinajstić information content (AvgIpc) is 2.73. The Labute approximate surface area is 167 Å². The van der Waals surface area contributed by atoms with Gasteiger partial charge in [0.05, 0.1) is 13.2 Å². The van der Waals surface area contributed by atoms with E-state index in [0.29, 0.717) is 6.61 Å². The molecule has 1 amide bonds. The zero-order valence-corrected chi connectivity index (χ0v) is 16.9. The summed E-state index contributed by atoms with van der Waals surface area (Å²) in [7, 11) is 1.63. The molecule has 0 saturated heterocycles. The summed E-state index contributed by atoms with van der Waals surface area (Å²) in [5.41, 5.74) is 2.60. The Morgan fingerprint density at radius 1 is 1.04 bits per heavy atom. The molecule has 0 aliphatic heterocycles. The van der Waals surface area contributed by atoms with Crippen LogP contribution < -0.4 is 19.5 Å². The van der Waals surface area contributed by atoms with Crippen LogP contribution in [0, 0.1) is 0 Å². The predicted octanol–water partition coefficient (Wildman–Crippen LogP) is 3.93. The second kappa shape index (κ2) is 9.49. The van der Waals surface area contributed by atoms with Gasteiger partial charge in [-0.05, 0) is 81.0 Å². The maximum atomic E-state index is 12.5. The fourth-order valence-electron chi connectivity index (χ4n) is 3.40. The number of benzene rings is 2. The Bertz CT molecular complexity index is 788. The minimum Gasteiger partial charge on any atom is -0.497 e. The van der Waals surface area contributed by atoms with Crippen molar-refractivity contribution in [2.75, 3.05) is 13.7 Å². The highest BCUT2D eigenvalue weighted by molar-refractivity contribution is 5.81. The summed E-state index contributed by atoms with van der Waals surface area (Å²) >= 11 is 0. The molecule has 5 heteroatoms. The fraction of sp³-hybridized carbons (Fsp3) is 0.435. The van der Waals surface area contributed by atoms with Crippen molar-refractivity contribution >= 4 is 5.91 Å². The molecule has 2 aromatic rings. The Morgan fingerprint density at radius 3 is 2.50 bits per heavy atom. The summed E-state index contributed by atoms with van der Waals surface area (Å²) in [4.78, 5) is 12.5. The Kier molecular flexibility index (Phi) is 6.80. The fourth-order valence-corrected chi connectivity index (χ4v) is 3.40. The van der Waals surface area contributed by atoms with E-state index in [1.54, 1.807) is 14.0 Å². The molecule has 0 unspecified atom stereocenters. The lowest BCUT2D eigenvalue weighted by Gasteiger charge is -2.23. The van der Waals surface area contributed by atoms with E-state index in [-0.39, 0.29) is 11.9 Å². The molecule has 1 N–H and O–H groups in total. The SMILES string of the molecule is COc1ccc(OC[C@@H](C)NC(=O)[C@@H](C)Oc2cccc3c2CCCC3)cc1. The normalized spacial score (nSPS) is 15.1. The predicted molar refractivity (Wildman–Crippen MR) is 109 cm³/mol. The van der Waals surface area contributed by atoms with E-state index < -0.39 is 6.10 Å². The van der Waals surface area contributed by atoms with Crippen molar-refractivity contribution in [3.8, 4) is 17.2 Å². The molecule has 0 fully saturated rings. The van der Waals surface area contributed by atoms with Gasteiger partial charge in [0, 0.05) is 0 Å². The first-order valence-corrected chi connectivity index (χ1v) is 9.91. The third kappa shape index (κ3) is 5.18. The van der Waals surface area contributed by atoms with Gasteiger partial charge in [0.15, 0.2) is 6.10 Å². The third-order valence-electron chi connectivity index (χ3n) is 4.97. The summed E-state index contributed by atoms with van der Waals surface area (Å²) in [6.07, 6.45) is 3.95. The number of rotatable bonds is 8. The van der Waals surface area contributed by atoms with E-state index >= 15 is 0 Å². The monoisotopic (exact) mass is 383 g/mol. The van der Waals surface area contributed by atoms with Crippen molar-refractivity contribution in [3.63, 3.8) is 0 Å². The lowest BCUT2D eigenvalue weighted by Crippen LogP contribution is -2.43. The second-order valence-corrected chi connectivity index (χ2v) is 7.26. The van der Waals surface area contributed by atoms with Crippen LogP contribution in [0.2, 0.25) is 0 Å². The molecule has 0 bridgehead atoms. The molecule has 2 aromatic carbocycles. The minimum absolute atomic E-state index is 0.134. The molecule has 28 heavy (non-hydrogen) atoms. The van der Waals surface area contributed by atoms with Gasteiger partial charge in [-0.2, -0.15) is 0 Å². The van der Waals surface area contributed by atoms with Gasteiger partial charge in [-0.3, -0.25) is 4.79 Å². The van der Waals surface area contributed by atoms with E-state index in [4.69, 9.17) is 14.2 Å². The van der Waals surface area contributed by atoms with Gasteiger partial charge in [-0.15, -0.1) is 0 Å². The van der Waals surface area contributed by atoms with Gasteiger partial charge in [0.1, 0.15) is 23.9 Å². The highest BCUT2D eigenvalue weighted by atomic mass is 16.5. The summed E-state index contributed by atoms with van der Waals surface area (Å²) < 4.78 is 16.9. The molecule has 5 nitrogen and oxygen atoms in total. The summed E-state index contributed by atoms with van der Waals surface area (Å²) in [6, 6.07) is 13.4. The molecule has 0 aromatic heterocycles. The van der Waals surface area contributed by atoms with E-state index in [0.717, 1.165) is 30.1 Å². The molecule has 150 valence electrons. The number of hydrogen-bond donors (Lipinski definition) is 1. The van der Waals surface area contributed by atoms with Gasteiger partial charge in [-0.1, -0.05) is 12.1 Å². The largest absolute Gasteiger partial charge is 0.497 e. The summed E-state index contributed by atoms with van der Waals surface area (Å²) in [5, 5.41) is 2.96. The van der Waals surface area contributed by atoms with E-state index in [9.17, 15) is 4.79 Å². The van der Waals surface area contributed by atoms with Gasteiger partial charge >= 0.3 is 0 Å². The van der Waals surface area contributed by atoms with Crippen LogP contribution in [0.15, 0.2) is 42.5 Å². The molecule has 0 saturated carbocycles. The number of carbonyl (C=O) groups is 1. The number of carbonyl (C=O) groups excluding carboxylic acids is 1. The number of aryl methyl sites for hydroxylation is 1. The number of methoxy groups -OCH3 is 1. The smallest absolute Gasteiger partial charge is 0.261 e. The average molecular weight is 383 g/mol. The Hall–Kier alpha value is -2.69. The van der Waals surface area contributed by atoms with Gasteiger partial charge in [0.25, 0.3) is 5.91 Å². The number of hydrogen-bond acceptors (Lipinski definition) is 4. The van der Waals surface area contributed by atoms with Gasteiger partial charge < -0.3 is 19.5 Å². The van der Waals surface area contributed by atoms with Crippen LogP contribution in [0.1, 0.15) is 37.8 Å². The van der Waals surface area contributed by atoms with Crippen molar-refractivity contribution in [2.24, 2.45) is 0 Å². The molecule has 2 atom stereocenters. The van der Waals surface area contributed by atoms with Crippen molar-refractivity contribution in [3.05, 3.63) is 53.6 Å². The standard InChI is InChI=1S/C23H29NO4/c1-16(15-27-20-13-11-19(26-3)12-14-20)24-23(25)17(2)28-22-10-6-8-18-7-4-5-9-21(18)22/h6,8,10-14,16-17H,4-5,7,9,15H2,1-3H3,(H,24,25)/t16-,17-/m1/s1. The molecule has 3 rings (SSSR count). The van der Waals surface area contributed by atoms with Gasteiger partial charge in [0.2, 0.25) is 0 Å². The van der Waals surface area contributed by atoms with Crippen LogP contribution in [0.4, 0.5) is 0 Å². The minimum atomic E-state index is -0.558. The first-order valence-electron chi connectivity index (χ1n) is 9.91. The number of amides is 1. The zero-order valence-electron chi connectivity index (χ0n) is 16.9. The lowest BCUT2D eigenvalue weighted by molar-refractivity contribution is -0.128. The van der Waals surface area contributed by atoms with Crippen LogP contribution >= 0.6 is 0 Å². The molecular weight excluding hydrogens is 354 g/mol. The Balaban J connectivity index is 1.49. The topological polar surface area (TPSA) is 56.8 Å². The van der Waals surface area contributed by atoms with E-state index in [2.05, 4.69) is 11.4 Å². The van der Waals surface area contributed by atoms with Crippen LogP contribution in [0.3, 0.4) is 0 Å². The number of ether oxygens (including phenoxy) is 3. The van der Waals surface area contributed by atoms with Crippen molar-refractivity contribution < 1.29 is 19.0 Å². The van der Waals surface area contributed by atoms with E-state index in [1.165, 1.54) is 24.0 Å². The van der Waals surface area contributed by atoms with Crippen molar-refractivity contribution in [1.29, 1.82) is 0 Å². The number of fused-ring (bicyclic) bond motifs is 1. The Morgan fingerprint density at radius 2 is 1.75 bits per heavy atom. The second-order valence-electron chi connectivity index (χ2n) is 7.26. The van der Waals surface area contributed by atoms with Crippen molar-refractivity contribution in [1.82, 2.24) is 5.32 Å². The maximum absolute atomic E-state index is 12.5. The first-order chi connectivity index (χ1) is 13.6. The van der Waals surface area contributed by atoms with Gasteiger partial charge in [-0.25, -0.2) is 0 Å². The molecule has 0 heterocycles. The molecule has 1 aliphatic carbocycles. The van der Waals surface area contributed by atoms with Crippen LogP contribution in [0.25, 0.3) is 0 Å². The first kappa shape index (κ1) is 20.1. The molecular formula is C23H29NO4. The number of nitrogens with one attached hydrogen (secondary N) is 1. The third-order valence-corrected chi connectivity index (χ3v) is 4.97. The van der Waals surface area contributed by atoms with E-state index in [1.807, 2.05) is 43.3 Å². The summed E-state index contributed by atoms with van der Waals surface area (Å²) in [6.45, 7) is 4.08. The lowest BCUT2D eigenvalue weighted by atomic mass is 9.91. The highest BCUT2D eigenvalue weighted by Crippen LogP contribution is 2.30. The van der Waals surface area contributed by atoms with Crippen LogP contribution in [-0.2, 0) is 17.6 Å². The summed E-state index contributed by atoms with van der Waals surface area (Å²) in [5.74, 6) is 2.21. The maximum Gasteiger partial charge on any atom is 0.261 e. The quantitative estimate of drug-likeness (QED) is 0.751. The zero-order chi connectivity index (χ0) is 19.9. The van der Waals surface area contributed by atoms with Crippen LogP contribution in [-0.4, -0.2) is 31.8 Å². The molecule has 0 radical (unpaired) electrons. The molecule has 1 aliphatic rings.